The van der Waals surface area contributed by atoms with Crippen molar-refractivity contribution in [2.24, 2.45) is 11.3 Å². The minimum absolute atomic E-state index is 0.202. The molecule has 1 spiro atoms. The van der Waals surface area contributed by atoms with Gasteiger partial charge >= 0.3 is 0 Å². The molecule has 2 heterocycles. The molecule has 1 aliphatic carbocycles. The van der Waals surface area contributed by atoms with E-state index in [0.717, 1.165) is 68.5 Å². The third-order valence-corrected chi connectivity index (χ3v) is 6.44. The van der Waals surface area contributed by atoms with Crippen LogP contribution in [-0.4, -0.2) is 53.3 Å². The second kappa shape index (κ2) is 8.46. The van der Waals surface area contributed by atoms with Crippen LogP contribution in [0.25, 0.3) is 5.69 Å². The number of rotatable bonds is 8. The SMILES string of the molecule is CCNCCNC(=O)C1CC2(C1)CN(Cc1cn(-c3ccc(Cl)cc3)nc1C)C2. The number of carbonyl (C=O) groups excluding carboxylic acids is 1. The first-order valence-electron chi connectivity index (χ1n) is 10.5. The molecule has 7 heteroatoms. The molecule has 0 bridgehead atoms. The molecule has 2 N–H and O–H groups in total. The van der Waals surface area contributed by atoms with E-state index in [1.807, 2.05) is 28.9 Å². The maximum Gasteiger partial charge on any atom is 0.223 e. The molecule has 4 rings (SSSR count). The zero-order valence-electron chi connectivity index (χ0n) is 17.2. The van der Waals surface area contributed by atoms with Gasteiger partial charge < -0.3 is 10.6 Å². The number of carbonyl (C=O) groups is 1. The average molecular weight is 416 g/mol. The highest BCUT2D eigenvalue weighted by Gasteiger charge is 2.54. The maximum atomic E-state index is 12.2. The van der Waals surface area contributed by atoms with E-state index in [9.17, 15) is 4.79 Å². The molecule has 2 aliphatic rings. The molecule has 0 atom stereocenters. The van der Waals surface area contributed by atoms with Crippen LogP contribution >= 0.6 is 11.6 Å². The van der Waals surface area contributed by atoms with Gasteiger partial charge in [0.25, 0.3) is 0 Å². The zero-order valence-corrected chi connectivity index (χ0v) is 18.0. The first kappa shape index (κ1) is 20.4. The molecular weight excluding hydrogens is 386 g/mol. The van der Waals surface area contributed by atoms with Crippen LogP contribution in [0.15, 0.2) is 30.5 Å². The highest BCUT2D eigenvalue weighted by Crippen LogP contribution is 2.52. The van der Waals surface area contributed by atoms with E-state index in [2.05, 4.69) is 40.7 Å². The fourth-order valence-corrected chi connectivity index (χ4v) is 4.78. The Hall–Kier alpha value is -1.89. The number of aryl methyl sites for hydroxylation is 1. The summed E-state index contributed by atoms with van der Waals surface area (Å²) in [6.45, 7) is 9.73. The lowest BCUT2D eigenvalue weighted by atomic mass is 9.57. The van der Waals surface area contributed by atoms with Gasteiger partial charge in [-0.3, -0.25) is 9.69 Å². The normalized spacial score (nSPS) is 18.4. The van der Waals surface area contributed by atoms with E-state index in [4.69, 9.17) is 11.6 Å². The van der Waals surface area contributed by atoms with Gasteiger partial charge in [0.15, 0.2) is 0 Å². The molecule has 1 amide bonds. The first-order valence-corrected chi connectivity index (χ1v) is 10.9. The van der Waals surface area contributed by atoms with Gasteiger partial charge in [0.05, 0.1) is 11.4 Å². The molecular formula is C22H30ClN5O. The fraction of sp³-hybridized carbons (Fsp3) is 0.545. The minimum Gasteiger partial charge on any atom is -0.355 e. The monoisotopic (exact) mass is 415 g/mol. The number of hydrogen-bond donors (Lipinski definition) is 2. The van der Waals surface area contributed by atoms with Crippen molar-refractivity contribution >= 4 is 17.5 Å². The van der Waals surface area contributed by atoms with Crippen LogP contribution < -0.4 is 10.6 Å². The number of benzene rings is 1. The van der Waals surface area contributed by atoms with Crippen molar-refractivity contribution in [2.75, 3.05) is 32.7 Å². The van der Waals surface area contributed by atoms with Crippen molar-refractivity contribution in [3.63, 3.8) is 0 Å². The number of halogens is 1. The predicted octanol–water partition coefficient (Wildman–Crippen LogP) is 2.77. The van der Waals surface area contributed by atoms with E-state index in [-0.39, 0.29) is 11.8 Å². The van der Waals surface area contributed by atoms with Gasteiger partial charge in [0.1, 0.15) is 0 Å². The molecule has 2 aromatic rings. The molecule has 0 radical (unpaired) electrons. The summed E-state index contributed by atoms with van der Waals surface area (Å²) in [5, 5.41) is 11.7. The summed E-state index contributed by atoms with van der Waals surface area (Å²) in [6.07, 6.45) is 4.17. The van der Waals surface area contributed by atoms with E-state index in [1.54, 1.807) is 0 Å². The first-order chi connectivity index (χ1) is 14.0. The van der Waals surface area contributed by atoms with Gasteiger partial charge in [-0.05, 0) is 56.0 Å². The van der Waals surface area contributed by atoms with Crippen LogP contribution in [0, 0.1) is 18.3 Å². The Labute approximate surface area is 177 Å². The summed E-state index contributed by atoms with van der Waals surface area (Å²) < 4.78 is 1.92. The molecule has 0 unspecified atom stereocenters. The van der Waals surface area contributed by atoms with Crippen molar-refractivity contribution in [2.45, 2.75) is 33.2 Å². The number of likely N-dealkylation sites (tertiary alicyclic amines) is 1. The Balaban J connectivity index is 1.24. The highest BCUT2D eigenvalue weighted by molar-refractivity contribution is 6.30. The average Bonchev–Trinajstić information content (AvgIpc) is 3.00. The second-order valence-electron chi connectivity index (χ2n) is 8.56. The Morgan fingerprint density at radius 1 is 1.24 bits per heavy atom. The van der Waals surface area contributed by atoms with Crippen molar-refractivity contribution in [1.82, 2.24) is 25.3 Å². The van der Waals surface area contributed by atoms with Gasteiger partial charge in [0.2, 0.25) is 5.91 Å². The number of amides is 1. The lowest BCUT2D eigenvalue weighted by molar-refractivity contribution is -0.145. The summed E-state index contributed by atoms with van der Waals surface area (Å²) in [5.41, 5.74) is 3.70. The summed E-state index contributed by atoms with van der Waals surface area (Å²) in [4.78, 5) is 14.7. The quantitative estimate of drug-likeness (QED) is 0.651. The molecule has 1 saturated heterocycles. The standard InChI is InChI=1S/C22H30ClN5O/c1-3-24-8-9-25-21(29)17-10-22(11-17)14-27(15-22)12-18-13-28(26-16(18)2)20-6-4-19(23)5-7-20/h4-7,13,17,24H,3,8-12,14-15H2,1-2H3,(H,25,29). The molecule has 156 valence electrons. The number of hydrogen-bond acceptors (Lipinski definition) is 4. The van der Waals surface area contributed by atoms with Crippen LogP contribution in [-0.2, 0) is 11.3 Å². The smallest absolute Gasteiger partial charge is 0.223 e. The third kappa shape index (κ3) is 4.49. The maximum absolute atomic E-state index is 12.2. The van der Waals surface area contributed by atoms with Crippen LogP contribution in [0.4, 0.5) is 0 Å². The molecule has 29 heavy (non-hydrogen) atoms. The van der Waals surface area contributed by atoms with Crippen LogP contribution in [0.3, 0.4) is 0 Å². The fourth-order valence-electron chi connectivity index (χ4n) is 4.66. The molecule has 1 aromatic heterocycles. The molecule has 1 aliphatic heterocycles. The number of aromatic nitrogens is 2. The largest absolute Gasteiger partial charge is 0.355 e. The van der Waals surface area contributed by atoms with Crippen LogP contribution in [0.2, 0.25) is 5.02 Å². The van der Waals surface area contributed by atoms with Crippen molar-refractivity contribution in [3.05, 3.63) is 46.7 Å². The number of nitrogens with zero attached hydrogens (tertiary/aromatic N) is 3. The number of likely N-dealkylation sites (N-methyl/N-ethyl adjacent to an activating group) is 1. The summed E-state index contributed by atoms with van der Waals surface area (Å²) in [6, 6.07) is 7.73. The topological polar surface area (TPSA) is 62.2 Å². The van der Waals surface area contributed by atoms with E-state index < -0.39 is 0 Å². The van der Waals surface area contributed by atoms with Gasteiger partial charge in [-0.2, -0.15) is 5.10 Å². The van der Waals surface area contributed by atoms with E-state index >= 15 is 0 Å². The minimum atomic E-state index is 0.202. The van der Waals surface area contributed by atoms with Gasteiger partial charge in [0, 0.05) is 55.4 Å². The molecule has 1 saturated carbocycles. The summed E-state index contributed by atoms with van der Waals surface area (Å²) in [5.74, 6) is 0.431. The van der Waals surface area contributed by atoms with E-state index in [1.165, 1.54) is 5.56 Å². The predicted molar refractivity (Wildman–Crippen MR) is 115 cm³/mol. The Kier molecular flexibility index (Phi) is 5.95. The molecule has 1 aromatic carbocycles. The Morgan fingerprint density at radius 2 is 1.97 bits per heavy atom. The van der Waals surface area contributed by atoms with Crippen molar-refractivity contribution < 1.29 is 4.79 Å². The summed E-state index contributed by atoms with van der Waals surface area (Å²) in [7, 11) is 0. The lowest BCUT2D eigenvalue weighted by Gasteiger charge is -2.58. The lowest BCUT2D eigenvalue weighted by Crippen LogP contribution is -2.63. The van der Waals surface area contributed by atoms with Gasteiger partial charge in [-0.25, -0.2) is 4.68 Å². The van der Waals surface area contributed by atoms with Crippen LogP contribution in [0.5, 0.6) is 0 Å². The van der Waals surface area contributed by atoms with Crippen molar-refractivity contribution in [1.29, 1.82) is 0 Å². The Bertz CT molecular complexity index is 849. The zero-order chi connectivity index (χ0) is 20.4. The second-order valence-corrected chi connectivity index (χ2v) is 8.99. The molecule has 6 nitrogen and oxygen atoms in total. The highest BCUT2D eigenvalue weighted by atomic mass is 35.5. The van der Waals surface area contributed by atoms with E-state index in [0.29, 0.717) is 5.41 Å². The third-order valence-electron chi connectivity index (χ3n) is 6.18. The summed E-state index contributed by atoms with van der Waals surface area (Å²) >= 11 is 5.98. The Morgan fingerprint density at radius 3 is 2.66 bits per heavy atom. The van der Waals surface area contributed by atoms with Gasteiger partial charge in [-0.15, -0.1) is 0 Å². The van der Waals surface area contributed by atoms with Gasteiger partial charge in [-0.1, -0.05) is 18.5 Å². The van der Waals surface area contributed by atoms with Crippen LogP contribution in [0.1, 0.15) is 31.0 Å². The van der Waals surface area contributed by atoms with Crippen molar-refractivity contribution in [3.8, 4) is 5.69 Å². The molecule has 2 fully saturated rings. The number of nitrogens with one attached hydrogen (secondary N) is 2.